The molecule has 0 atom stereocenters. The van der Waals surface area contributed by atoms with Gasteiger partial charge in [0.1, 0.15) is 16.8 Å². The molecule has 0 aliphatic heterocycles. The zero-order valence-electron chi connectivity index (χ0n) is 21.7. The van der Waals surface area contributed by atoms with Crippen molar-refractivity contribution >= 4 is 53.8 Å². The van der Waals surface area contributed by atoms with Crippen molar-refractivity contribution in [2.24, 2.45) is 0 Å². The zero-order valence-corrected chi connectivity index (χ0v) is 24.9. The number of fused-ring (bicyclic) bond motifs is 8. The molecule has 0 unspecified atom stereocenters. The van der Waals surface area contributed by atoms with Gasteiger partial charge in [0.25, 0.3) is 0 Å². The van der Waals surface area contributed by atoms with E-state index in [0.717, 1.165) is 81.0 Å². The number of benzene rings is 6. The molecule has 2 nitrogen and oxygen atoms in total. The quantitative estimate of drug-likeness (QED) is 0.201. The lowest BCUT2D eigenvalue weighted by Crippen LogP contribution is -2.30. The molecule has 0 amide bonds. The molecule has 1 heterocycles. The van der Waals surface area contributed by atoms with Gasteiger partial charge >= 0.3 is 0 Å². The number of furan rings is 1. The van der Waals surface area contributed by atoms with Gasteiger partial charge in [-0.1, -0.05) is 117 Å². The Morgan fingerprint density at radius 1 is 0.463 bits per heavy atom. The number of aliphatic hydroxyl groups is 1. The van der Waals surface area contributed by atoms with Gasteiger partial charge in [0.05, 0.1) is 0 Å². The Kier molecular flexibility index (Phi) is 5.62. The smallest absolute Gasteiger partial charge is 0.142 e. The van der Waals surface area contributed by atoms with E-state index in [-0.39, 0.29) is 0 Å². The van der Waals surface area contributed by atoms with Crippen LogP contribution >= 0.6 is 31.9 Å². The summed E-state index contributed by atoms with van der Waals surface area (Å²) in [5, 5.41) is 15.5. The molecule has 0 saturated carbocycles. The summed E-state index contributed by atoms with van der Waals surface area (Å²) in [6, 6.07) is 43.5. The van der Waals surface area contributed by atoms with E-state index in [2.05, 4.69) is 111 Å². The predicted molar refractivity (Wildman–Crippen MR) is 174 cm³/mol. The standard InChI is InChI=1S/C37H22Br2O2/c38-23-14-16-28-26-8-1-2-9-27(26)29-17-15-24(39)21-34(29)37(40,33(28)20-23)32-11-5-3-7-25(32)22-13-18-36-31(19-22)30-10-4-6-12-35(30)41-36/h1-21,40H. The first kappa shape index (κ1) is 24.8. The Morgan fingerprint density at radius 2 is 1.02 bits per heavy atom. The molecule has 41 heavy (non-hydrogen) atoms. The largest absolute Gasteiger partial charge is 0.456 e. The summed E-state index contributed by atoms with van der Waals surface area (Å²) in [6.45, 7) is 0. The minimum atomic E-state index is -1.46. The van der Waals surface area contributed by atoms with E-state index in [9.17, 15) is 5.11 Å². The van der Waals surface area contributed by atoms with Crippen LogP contribution in [0.5, 0.6) is 0 Å². The fourth-order valence-electron chi connectivity index (χ4n) is 6.43. The number of halogens is 2. The van der Waals surface area contributed by atoms with Crippen LogP contribution in [0.2, 0.25) is 0 Å². The van der Waals surface area contributed by atoms with Gasteiger partial charge in [-0.3, -0.25) is 0 Å². The second-order valence-corrected chi connectivity index (χ2v) is 12.3. The van der Waals surface area contributed by atoms with Crippen molar-refractivity contribution in [1.82, 2.24) is 0 Å². The maximum Gasteiger partial charge on any atom is 0.142 e. The molecule has 0 bridgehead atoms. The number of para-hydroxylation sites is 1. The molecule has 0 radical (unpaired) electrons. The van der Waals surface area contributed by atoms with Crippen molar-refractivity contribution in [2.75, 3.05) is 0 Å². The van der Waals surface area contributed by atoms with Crippen LogP contribution in [0.1, 0.15) is 16.7 Å². The molecule has 1 N–H and O–H groups in total. The van der Waals surface area contributed by atoms with E-state index in [1.54, 1.807) is 0 Å². The Morgan fingerprint density at radius 3 is 1.71 bits per heavy atom. The summed E-state index contributed by atoms with van der Waals surface area (Å²) in [5.41, 5.74) is 8.92. The van der Waals surface area contributed by atoms with E-state index in [1.165, 1.54) is 0 Å². The molecular formula is C37H22Br2O2. The fourth-order valence-corrected chi connectivity index (χ4v) is 7.16. The zero-order chi connectivity index (χ0) is 27.7. The Bertz CT molecular complexity index is 2080. The van der Waals surface area contributed by atoms with Gasteiger partial charge in [-0.15, -0.1) is 0 Å². The molecule has 1 aromatic heterocycles. The average Bonchev–Trinajstić information content (AvgIpc) is 3.35. The van der Waals surface area contributed by atoms with Crippen LogP contribution in [-0.2, 0) is 5.60 Å². The van der Waals surface area contributed by atoms with Gasteiger partial charge in [0.2, 0.25) is 0 Å². The summed E-state index contributed by atoms with van der Waals surface area (Å²) in [4.78, 5) is 0. The maximum absolute atomic E-state index is 13.4. The molecule has 7 aromatic rings. The molecule has 0 fully saturated rings. The molecule has 4 heteroatoms. The average molecular weight is 658 g/mol. The van der Waals surface area contributed by atoms with Crippen LogP contribution in [0.25, 0.3) is 55.3 Å². The first-order valence-electron chi connectivity index (χ1n) is 13.5. The van der Waals surface area contributed by atoms with Crippen LogP contribution < -0.4 is 0 Å². The summed E-state index contributed by atoms with van der Waals surface area (Å²) >= 11 is 7.43. The lowest BCUT2D eigenvalue weighted by Gasteiger charge is -2.34. The van der Waals surface area contributed by atoms with Gasteiger partial charge in [0, 0.05) is 36.4 Å². The van der Waals surface area contributed by atoms with Gasteiger partial charge < -0.3 is 9.52 Å². The van der Waals surface area contributed by atoms with Gasteiger partial charge in [0.15, 0.2) is 0 Å². The number of hydrogen-bond donors (Lipinski definition) is 1. The Labute approximate surface area is 254 Å². The van der Waals surface area contributed by atoms with Gasteiger partial charge in [-0.2, -0.15) is 0 Å². The minimum absolute atomic E-state index is 0.818. The molecular weight excluding hydrogens is 636 g/mol. The third kappa shape index (κ3) is 3.71. The summed E-state index contributed by atoms with van der Waals surface area (Å²) in [7, 11) is 0. The predicted octanol–water partition coefficient (Wildman–Crippen LogP) is 10.7. The third-order valence-electron chi connectivity index (χ3n) is 8.25. The van der Waals surface area contributed by atoms with Crippen LogP contribution in [0.4, 0.5) is 0 Å². The third-order valence-corrected chi connectivity index (χ3v) is 9.24. The van der Waals surface area contributed by atoms with Crippen LogP contribution in [0, 0.1) is 0 Å². The Balaban J connectivity index is 1.47. The van der Waals surface area contributed by atoms with Crippen LogP contribution in [0.3, 0.4) is 0 Å². The van der Waals surface area contributed by atoms with Crippen molar-refractivity contribution in [3.63, 3.8) is 0 Å². The Hall–Kier alpha value is -3.96. The first-order valence-corrected chi connectivity index (χ1v) is 15.0. The molecule has 0 spiro atoms. The maximum atomic E-state index is 13.4. The highest BCUT2D eigenvalue weighted by Gasteiger charge is 2.42. The van der Waals surface area contributed by atoms with Crippen molar-refractivity contribution in [2.45, 2.75) is 5.60 Å². The van der Waals surface area contributed by atoms with Crippen LogP contribution in [-0.4, -0.2) is 5.11 Å². The second-order valence-electron chi connectivity index (χ2n) is 10.5. The van der Waals surface area contributed by atoms with Gasteiger partial charge in [-0.25, -0.2) is 0 Å². The van der Waals surface area contributed by atoms with Crippen molar-refractivity contribution < 1.29 is 9.52 Å². The number of rotatable bonds is 2. The molecule has 0 saturated heterocycles. The monoisotopic (exact) mass is 656 g/mol. The lowest BCUT2D eigenvalue weighted by molar-refractivity contribution is 0.127. The van der Waals surface area contributed by atoms with Crippen LogP contribution in [0.15, 0.2) is 141 Å². The number of hydrogen-bond acceptors (Lipinski definition) is 2. The topological polar surface area (TPSA) is 33.4 Å². The highest BCUT2D eigenvalue weighted by molar-refractivity contribution is 9.10. The summed E-state index contributed by atoms with van der Waals surface area (Å²) < 4.78 is 7.94. The first-order chi connectivity index (χ1) is 20.0. The van der Waals surface area contributed by atoms with Crippen molar-refractivity contribution in [1.29, 1.82) is 0 Å². The van der Waals surface area contributed by atoms with E-state index in [1.807, 2.05) is 48.5 Å². The molecule has 196 valence electrons. The van der Waals surface area contributed by atoms with E-state index < -0.39 is 5.60 Å². The normalized spacial score (nSPS) is 13.4. The van der Waals surface area contributed by atoms with Crippen molar-refractivity contribution in [3.05, 3.63) is 153 Å². The van der Waals surface area contributed by atoms with E-state index >= 15 is 0 Å². The van der Waals surface area contributed by atoms with E-state index in [0.29, 0.717) is 0 Å². The summed E-state index contributed by atoms with van der Waals surface area (Å²) in [6.07, 6.45) is 0. The molecule has 1 aliphatic carbocycles. The second kappa shape index (κ2) is 9.28. The molecule has 6 aromatic carbocycles. The van der Waals surface area contributed by atoms with Gasteiger partial charge in [-0.05, 0) is 75.8 Å². The summed E-state index contributed by atoms with van der Waals surface area (Å²) in [5.74, 6) is 0. The molecule has 1 aliphatic rings. The highest BCUT2D eigenvalue weighted by Crippen LogP contribution is 2.53. The SMILES string of the molecule is OC1(c2ccccc2-c2ccc3oc4ccccc4c3c2)c2cc(Br)ccc2-c2ccccc2-c2ccc(Br)cc21. The fraction of sp³-hybridized carbons (Fsp3) is 0.0270. The highest BCUT2D eigenvalue weighted by atomic mass is 79.9. The lowest BCUT2D eigenvalue weighted by atomic mass is 9.75. The van der Waals surface area contributed by atoms with E-state index in [4.69, 9.17) is 4.42 Å². The van der Waals surface area contributed by atoms with Crippen molar-refractivity contribution in [3.8, 4) is 33.4 Å². The molecule has 8 rings (SSSR count). The minimum Gasteiger partial charge on any atom is -0.456 e.